The van der Waals surface area contributed by atoms with Crippen molar-refractivity contribution in [1.29, 1.82) is 0 Å². The molecule has 0 aromatic carbocycles. The van der Waals surface area contributed by atoms with Crippen LogP contribution in [-0.4, -0.2) is 36.0 Å². The van der Waals surface area contributed by atoms with Crippen LogP contribution >= 0.6 is 0 Å². The normalized spacial score (nSPS) is 30.5. The minimum Gasteiger partial charge on any atom is -0.444 e. The van der Waals surface area contributed by atoms with Crippen LogP contribution in [-0.2, 0) is 9.47 Å². The minimum atomic E-state index is -0.540. The van der Waals surface area contributed by atoms with Crippen LogP contribution in [0.5, 0.6) is 0 Å². The van der Waals surface area contributed by atoms with Crippen LogP contribution in [0.4, 0.5) is 9.59 Å². The molecule has 2 N–H and O–H groups in total. The second kappa shape index (κ2) is 3.94. The van der Waals surface area contributed by atoms with Gasteiger partial charge in [0, 0.05) is 0 Å². The first-order chi connectivity index (χ1) is 7.85. The quantitative estimate of drug-likeness (QED) is 0.668. The maximum absolute atomic E-state index is 11.6. The van der Waals surface area contributed by atoms with Gasteiger partial charge in [-0.1, -0.05) is 6.08 Å². The van der Waals surface area contributed by atoms with Gasteiger partial charge in [-0.15, -0.1) is 0 Å². The van der Waals surface area contributed by atoms with Gasteiger partial charge in [-0.25, -0.2) is 9.59 Å². The first kappa shape index (κ1) is 11.8. The van der Waals surface area contributed by atoms with Crippen LogP contribution in [0.1, 0.15) is 20.8 Å². The smallest absolute Gasteiger partial charge is 0.408 e. The predicted octanol–water partition coefficient (Wildman–Crippen LogP) is 0.926. The summed E-state index contributed by atoms with van der Waals surface area (Å²) in [7, 11) is 0. The third-order valence-corrected chi connectivity index (χ3v) is 2.46. The Hall–Kier alpha value is -1.72. The lowest BCUT2D eigenvalue weighted by Crippen LogP contribution is -2.48. The molecule has 6 nitrogen and oxygen atoms in total. The number of hydrogen-bond acceptors (Lipinski definition) is 4. The second-order valence-electron chi connectivity index (χ2n) is 5.10. The summed E-state index contributed by atoms with van der Waals surface area (Å²) in [5, 5.41) is 5.32. The Bertz CT molecular complexity index is 372. The Morgan fingerprint density at radius 3 is 2.82 bits per heavy atom. The van der Waals surface area contributed by atoms with E-state index < -0.39 is 17.8 Å². The maximum atomic E-state index is 11.6. The van der Waals surface area contributed by atoms with Gasteiger partial charge in [0.2, 0.25) is 0 Å². The van der Waals surface area contributed by atoms with Crippen molar-refractivity contribution in [1.82, 2.24) is 10.6 Å². The predicted molar refractivity (Wildman–Crippen MR) is 59.5 cm³/mol. The van der Waals surface area contributed by atoms with E-state index in [1.165, 1.54) is 0 Å². The molecule has 2 rings (SSSR count). The summed E-state index contributed by atoms with van der Waals surface area (Å²) in [6.45, 7) is 5.38. The largest absolute Gasteiger partial charge is 0.444 e. The van der Waals surface area contributed by atoms with Crippen molar-refractivity contribution in [3.63, 3.8) is 0 Å². The highest BCUT2D eigenvalue weighted by Crippen LogP contribution is 2.21. The molecule has 0 aromatic heterocycles. The monoisotopic (exact) mass is 240 g/mol. The lowest BCUT2D eigenvalue weighted by atomic mass is 10.1. The summed E-state index contributed by atoms with van der Waals surface area (Å²) in [5.74, 6) is 0. The van der Waals surface area contributed by atoms with Gasteiger partial charge in [0.25, 0.3) is 0 Å². The highest BCUT2D eigenvalue weighted by Gasteiger charge is 2.42. The zero-order valence-corrected chi connectivity index (χ0v) is 10.0. The van der Waals surface area contributed by atoms with Crippen molar-refractivity contribution in [2.75, 3.05) is 0 Å². The van der Waals surface area contributed by atoms with E-state index in [1.807, 2.05) is 0 Å². The number of ether oxygens (including phenoxy) is 2. The van der Waals surface area contributed by atoms with E-state index in [0.717, 1.165) is 0 Å². The van der Waals surface area contributed by atoms with Crippen molar-refractivity contribution in [2.24, 2.45) is 0 Å². The molecule has 2 amide bonds. The molecule has 1 saturated heterocycles. The molecular weight excluding hydrogens is 224 g/mol. The van der Waals surface area contributed by atoms with Crippen molar-refractivity contribution in [3.05, 3.63) is 12.2 Å². The van der Waals surface area contributed by atoms with E-state index in [1.54, 1.807) is 32.9 Å². The van der Waals surface area contributed by atoms with Gasteiger partial charge < -0.3 is 20.1 Å². The van der Waals surface area contributed by atoms with E-state index in [4.69, 9.17) is 9.47 Å². The SMILES string of the molecule is CC(C)(C)OC(=O)N[C@@H]1C=C[C@H]2OC(=O)N[C@@H]12. The summed E-state index contributed by atoms with van der Waals surface area (Å²) in [6.07, 6.45) is 2.28. The highest BCUT2D eigenvalue weighted by molar-refractivity contribution is 5.73. The van der Waals surface area contributed by atoms with E-state index in [9.17, 15) is 9.59 Å². The van der Waals surface area contributed by atoms with Crippen molar-refractivity contribution >= 4 is 12.2 Å². The average molecular weight is 240 g/mol. The molecule has 0 radical (unpaired) electrons. The molecule has 1 heterocycles. The van der Waals surface area contributed by atoms with Crippen LogP contribution in [0.15, 0.2) is 12.2 Å². The number of nitrogens with one attached hydrogen (secondary N) is 2. The number of amides is 2. The van der Waals surface area contributed by atoms with E-state index >= 15 is 0 Å². The van der Waals surface area contributed by atoms with E-state index in [-0.39, 0.29) is 18.2 Å². The standard InChI is InChI=1S/C11H16N2O4/c1-11(2,3)17-10(15)12-6-4-5-7-8(6)13-9(14)16-7/h4-8H,1-3H3,(H,12,15)(H,13,14)/t6-,7-,8+/m1/s1. The Kier molecular flexibility index (Phi) is 2.73. The van der Waals surface area contributed by atoms with Gasteiger partial charge in [-0.05, 0) is 26.8 Å². The number of carbonyl (C=O) groups excluding carboxylic acids is 2. The van der Waals surface area contributed by atoms with Crippen LogP contribution in [0, 0.1) is 0 Å². The number of rotatable bonds is 1. The zero-order chi connectivity index (χ0) is 12.6. The fourth-order valence-electron chi connectivity index (χ4n) is 1.83. The van der Waals surface area contributed by atoms with E-state index in [0.29, 0.717) is 0 Å². The van der Waals surface area contributed by atoms with Crippen LogP contribution in [0.3, 0.4) is 0 Å². The molecule has 6 heteroatoms. The average Bonchev–Trinajstić information content (AvgIpc) is 2.63. The Morgan fingerprint density at radius 2 is 2.18 bits per heavy atom. The first-order valence-electron chi connectivity index (χ1n) is 5.50. The van der Waals surface area contributed by atoms with Gasteiger partial charge in [0.1, 0.15) is 11.7 Å². The van der Waals surface area contributed by atoms with Gasteiger partial charge >= 0.3 is 12.2 Å². The molecule has 0 spiro atoms. The molecule has 0 saturated carbocycles. The fourth-order valence-corrected chi connectivity index (χ4v) is 1.83. The molecule has 1 fully saturated rings. The van der Waals surface area contributed by atoms with Crippen molar-refractivity contribution in [2.45, 2.75) is 44.6 Å². The molecule has 1 aliphatic carbocycles. The third-order valence-electron chi connectivity index (χ3n) is 2.46. The lowest BCUT2D eigenvalue weighted by molar-refractivity contribution is 0.0506. The number of fused-ring (bicyclic) bond motifs is 1. The van der Waals surface area contributed by atoms with Gasteiger partial charge in [-0.3, -0.25) is 0 Å². The summed E-state index contributed by atoms with van der Waals surface area (Å²) in [5.41, 5.74) is -0.540. The minimum absolute atomic E-state index is 0.241. The van der Waals surface area contributed by atoms with Crippen molar-refractivity contribution < 1.29 is 19.1 Å². The Labute approximate surface area is 99.3 Å². The number of carbonyl (C=O) groups is 2. The molecule has 94 valence electrons. The highest BCUT2D eigenvalue weighted by atomic mass is 16.6. The number of hydrogen-bond donors (Lipinski definition) is 2. The third kappa shape index (κ3) is 2.69. The summed E-state index contributed by atoms with van der Waals surface area (Å²) in [4.78, 5) is 22.6. The summed E-state index contributed by atoms with van der Waals surface area (Å²) < 4.78 is 10.1. The number of alkyl carbamates (subject to hydrolysis) is 2. The van der Waals surface area contributed by atoms with Crippen LogP contribution in [0.2, 0.25) is 0 Å². The van der Waals surface area contributed by atoms with Gasteiger partial charge in [-0.2, -0.15) is 0 Å². The molecule has 2 aliphatic rings. The molecule has 1 aliphatic heterocycles. The Balaban J connectivity index is 1.90. The van der Waals surface area contributed by atoms with Gasteiger partial charge in [0.15, 0.2) is 0 Å². The summed E-state index contributed by atoms with van der Waals surface area (Å²) in [6, 6.07) is -0.531. The molecule has 0 bridgehead atoms. The Morgan fingerprint density at radius 1 is 1.47 bits per heavy atom. The maximum Gasteiger partial charge on any atom is 0.408 e. The van der Waals surface area contributed by atoms with Gasteiger partial charge in [0.05, 0.1) is 12.1 Å². The molecule has 3 atom stereocenters. The topological polar surface area (TPSA) is 76.7 Å². The lowest BCUT2D eigenvalue weighted by Gasteiger charge is -2.23. The molecule has 17 heavy (non-hydrogen) atoms. The van der Waals surface area contributed by atoms with Crippen molar-refractivity contribution in [3.8, 4) is 0 Å². The first-order valence-corrected chi connectivity index (χ1v) is 5.50. The molecule has 0 unspecified atom stereocenters. The fraction of sp³-hybridized carbons (Fsp3) is 0.636. The molecular formula is C11H16N2O4. The molecule has 0 aromatic rings. The second-order valence-corrected chi connectivity index (χ2v) is 5.10. The van der Waals surface area contributed by atoms with Crippen LogP contribution < -0.4 is 10.6 Å². The van der Waals surface area contributed by atoms with Crippen LogP contribution in [0.25, 0.3) is 0 Å². The van der Waals surface area contributed by atoms with E-state index in [2.05, 4.69) is 10.6 Å². The summed E-state index contributed by atoms with van der Waals surface area (Å²) >= 11 is 0. The zero-order valence-electron chi connectivity index (χ0n) is 10.0.